The first-order valence-electron chi connectivity index (χ1n) is 9.21. The minimum absolute atomic E-state index is 0.0916. The lowest BCUT2D eigenvalue weighted by Crippen LogP contribution is -2.49. The highest BCUT2D eigenvalue weighted by Crippen LogP contribution is 2.52. The summed E-state index contributed by atoms with van der Waals surface area (Å²) < 4.78 is 45.9. The number of rotatable bonds is 6. The second-order valence-electron chi connectivity index (χ2n) is 7.17. The zero-order valence-corrected chi connectivity index (χ0v) is 15.2. The quantitative estimate of drug-likeness (QED) is 0.755. The van der Waals surface area contributed by atoms with E-state index in [1.165, 1.54) is 28.9 Å². The smallest absolute Gasteiger partial charge is 0.272 e. The van der Waals surface area contributed by atoms with E-state index in [4.69, 9.17) is 4.74 Å². The molecular formula is C19H21F3N4O2. The molecule has 1 atom stereocenters. The highest BCUT2D eigenvalue weighted by molar-refractivity contribution is 5.77. The van der Waals surface area contributed by atoms with Crippen LogP contribution in [0.4, 0.5) is 13.2 Å². The maximum absolute atomic E-state index is 13.1. The van der Waals surface area contributed by atoms with Crippen molar-refractivity contribution in [2.24, 2.45) is 0 Å². The maximum Gasteiger partial charge on any atom is 0.272 e. The molecule has 0 spiro atoms. The van der Waals surface area contributed by atoms with E-state index in [-0.39, 0.29) is 24.8 Å². The summed E-state index contributed by atoms with van der Waals surface area (Å²) in [6, 6.07) is 6.49. The Morgan fingerprint density at radius 2 is 1.82 bits per heavy atom. The molecule has 1 aliphatic heterocycles. The highest BCUT2D eigenvalue weighted by atomic mass is 19.3. The van der Waals surface area contributed by atoms with Crippen molar-refractivity contribution in [1.29, 1.82) is 0 Å². The van der Waals surface area contributed by atoms with E-state index in [0.717, 1.165) is 5.69 Å². The third-order valence-corrected chi connectivity index (χ3v) is 5.06. The molecule has 1 aromatic heterocycles. The number of carbonyl (C=O) groups excluding carboxylic acids is 1. The molecule has 2 fully saturated rings. The Morgan fingerprint density at radius 3 is 2.46 bits per heavy atom. The molecule has 2 heterocycles. The molecule has 0 bridgehead atoms. The van der Waals surface area contributed by atoms with Crippen LogP contribution >= 0.6 is 0 Å². The van der Waals surface area contributed by atoms with Crippen molar-refractivity contribution >= 4 is 5.91 Å². The van der Waals surface area contributed by atoms with Crippen molar-refractivity contribution in [1.82, 2.24) is 19.6 Å². The van der Waals surface area contributed by atoms with Gasteiger partial charge in [-0.15, -0.1) is 0 Å². The summed E-state index contributed by atoms with van der Waals surface area (Å²) in [4.78, 5) is 16.1. The second-order valence-corrected chi connectivity index (χ2v) is 7.17. The van der Waals surface area contributed by atoms with Crippen LogP contribution in [0.5, 0.6) is 5.75 Å². The Kier molecular flexibility index (Phi) is 5.01. The minimum atomic E-state index is -2.63. The van der Waals surface area contributed by atoms with Crippen molar-refractivity contribution in [3.63, 3.8) is 0 Å². The van der Waals surface area contributed by atoms with Crippen LogP contribution in [0.15, 0.2) is 36.5 Å². The Hall–Kier alpha value is -2.55. The SMILES string of the molecule is O=C(COc1ccc(F)cc1)N1CCN(Cc2ccn(C3CC3(F)F)n2)CC1. The van der Waals surface area contributed by atoms with Gasteiger partial charge in [-0.2, -0.15) is 5.10 Å². The van der Waals surface area contributed by atoms with E-state index in [0.29, 0.717) is 38.5 Å². The van der Waals surface area contributed by atoms with Crippen LogP contribution in [0.25, 0.3) is 0 Å². The van der Waals surface area contributed by atoms with Gasteiger partial charge in [0.05, 0.1) is 5.69 Å². The Bertz CT molecular complexity index is 832. The number of hydrogen-bond acceptors (Lipinski definition) is 4. The largest absolute Gasteiger partial charge is 0.484 e. The van der Waals surface area contributed by atoms with Gasteiger partial charge < -0.3 is 9.64 Å². The molecule has 28 heavy (non-hydrogen) atoms. The molecule has 1 saturated carbocycles. The lowest BCUT2D eigenvalue weighted by Gasteiger charge is -2.34. The zero-order chi connectivity index (χ0) is 19.7. The molecule has 1 amide bonds. The molecule has 150 valence electrons. The number of carbonyl (C=O) groups is 1. The summed E-state index contributed by atoms with van der Waals surface area (Å²) in [5.74, 6) is -2.66. The average Bonchev–Trinajstić information content (AvgIpc) is 3.09. The van der Waals surface area contributed by atoms with Gasteiger partial charge in [0.1, 0.15) is 17.6 Å². The maximum atomic E-state index is 13.1. The van der Waals surface area contributed by atoms with Gasteiger partial charge in [0, 0.05) is 45.3 Å². The van der Waals surface area contributed by atoms with E-state index in [2.05, 4.69) is 10.00 Å². The number of amides is 1. The van der Waals surface area contributed by atoms with Gasteiger partial charge in [-0.05, 0) is 30.3 Å². The van der Waals surface area contributed by atoms with E-state index in [9.17, 15) is 18.0 Å². The first kappa shape index (κ1) is 18.8. The molecule has 1 aromatic carbocycles. The van der Waals surface area contributed by atoms with Crippen LogP contribution in [0.2, 0.25) is 0 Å². The van der Waals surface area contributed by atoms with Crippen molar-refractivity contribution in [3.05, 3.63) is 48.0 Å². The molecule has 0 N–H and O–H groups in total. The van der Waals surface area contributed by atoms with E-state index in [1.54, 1.807) is 17.2 Å². The standard InChI is InChI=1S/C19H21F3N4O2/c20-14-1-3-16(4-2-14)28-13-18(27)25-9-7-24(8-10-25)12-15-5-6-26(23-15)17-11-19(17,21)22/h1-6,17H,7-13H2. The molecular weight excluding hydrogens is 373 g/mol. The van der Waals surface area contributed by atoms with Gasteiger partial charge in [0.25, 0.3) is 11.8 Å². The van der Waals surface area contributed by atoms with Gasteiger partial charge >= 0.3 is 0 Å². The van der Waals surface area contributed by atoms with Crippen LogP contribution in [0.3, 0.4) is 0 Å². The number of alkyl halides is 2. The van der Waals surface area contributed by atoms with Gasteiger partial charge in [-0.3, -0.25) is 14.4 Å². The number of piperazine rings is 1. The predicted molar refractivity (Wildman–Crippen MR) is 94.6 cm³/mol. The van der Waals surface area contributed by atoms with Gasteiger partial charge in [0.2, 0.25) is 0 Å². The van der Waals surface area contributed by atoms with Gasteiger partial charge in [-0.1, -0.05) is 0 Å². The average molecular weight is 394 g/mol. The second kappa shape index (κ2) is 7.46. The van der Waals surface area contributed by atoms with E-state index in [1.807, 2.05) is 0 Å². The van der Waals surface area contributed by atoms with Gasteiger partial charge in [-0.25, -0.2) is 13.2 Å². The van der Waals surface area contributed by atoms with Crippen LogP contribution in [-0.4, -0.2) is 64.2 Å². The third-order valence-electron chi connectivity index (χ3n) is 5.06. The topological polar surface area (TPSA) is 50.6 Å². The van der Waals surface area contributed by atoms with Crippen LogP contribution < -0.4 is 4.74 Å². The summed E-state index contributed by atoms with van der Waals surface area (Å²) in [5, 5.41) is 4.25. The van der Waals surface area contributed by atoms with Crippen molar-refractivity contribution < 1.29 is 22.7 Å². The first-order valence-corrected chi connectivity index (χ1v) is 9.21. The fraction of sp³-hybridized carbons (Fsp3) is 0.474. The van der Waals surface area contributed by atoms with E-state index < -0.39 is 12.0 Å². The number of benzene rings is 1. The normalized spacial score (nSPS) is 21.5. The molecule has 1 saturated heterocycles. The molecule has 0 radical (unpaired) electrons. The zero-order valence-electron chi connectivity index (χ0n) is 15.2. The van der Waals surface area contributed by atoms with Gasteiger partial charge in [0.15, 0.2) is 6.61 Å². The number of nitrogens with zero attached hydrogens (tertiary/aromatic N) is 4. The number of ether oxygens (including phenoxy) is 1. The van der Waals surface area contributed by atoms with Crippen LogP contribution in [0.1, 0.15) is 18.2 Å². The van der Waals surface area contributed by atoms with Crippen molar-refractivity contribution in [2.45, 2.75) is 24.9 Å². The fourth-order valence-corrected chi connectivity index (χ4v) is 3.27. The molecule has 2 aromatic rings. The van der Waals surface area contributed by atoms with Crippen molar-refractivity contribution in [2.75, 3.05) is 32.8 Å². The number of aromatic nitrogens is 2. The Labute approximate surface area is 160 Å². The molecule has 4 rings (SSSR count). The third kappa shape index (κ3) is 4.30. The summed E-state index contributed by atoms with van der Waals surface area (Å²) in [6.45, 7) is 2.95. The summed E-state index contributed by atoms with van der Waals surface area (Å²) >= 11 is 0. The van der Waals surface area contributed by atoms with Crippen LogP contribution in [-0.2, 0) is 11.3 Å². The lowest BCUT2D eigenvalue weighted by atomic mass is 10.3. The summed E-state index contributed by atoms with van der Waals surface area (Å²) in [6.07, 6.45) is 1.46. The monoisotopic (exact) mass is 394 g/mol. The molecule has 6 nitrogen and oxygen atoms in total. The minimum Gasteiger partial charge on any atom is -0.484 e. The Balaban J connectivity index is 1.21. The number of halogens is 3. The molecule has 9 heteroatoms. The lowest BCUT2D eigenvalue weighted by molar-refractivity contribution is -0.135. The summed E-state index contributed by atoms with van der Waals surface area (Å²) in [7, 11) is 0. The molecule has 2 aliphatic rings. The predicted octanol–water partition coefficient (Wildman–Crippen LogP) is 2.33. The highest BCUT2D eigenvalue weighted by Gasteiger charge is 2.59. The Morgan fingerprint density at radius 1 is 1.14 bits per heavy atom. The molecule has 1 unspecified atom stereocenters. The van der Waals surface area contributed by atoms with Crippen molar-refractivity contribution in [3.8, 4) is 5.75 Å². The van der Waals surface area contributed by atoms with Crippen LogP contribution in [0, 0.1) is 5.82 Å². The summed E-state index contributed by atoms with van der Waals surface area (Å²) in [5.41, 5.74) is 0.752. The fourth-order valence-electron chi connectivity index (χ4n) is 3.27. The number of hydrogen-bond donors (Lipinski definition) is 0. The van der Waals surface area contributed by atoms with E-state index >= 15 is 0 Å². The first-order chi connectivity index (χ1) is 13.4. The molecule has 1 aliphatic carbocycles.